The molecular weight excluding hydrogens is 436 g/mol. The predicted octanol–water partition coefficient (Wildman–Crippen LogP) is 2.68. The molecule has 3 aliphatic rings. The van der Waals surface area contributed by atoms with Gasteiger partial charge in [0, 0.05) is 25.7 Å². The minimum atomic E-state index is -1.03. The fraction of sp³-hybridized carbons (Fsp3) is 0.808. The van der Waals surface area contributed by atoms with Crippen molar-refractivity contribution in [2.45, 2.75) is 95.9 Å². The van der Waals surface area contributed by atoms with Crippen molar-refractivity contribution in [2.75, 3.05) is 26.3 Å². The van der Waals surface area contributed by atoms with Gasteiger partial charge in [-0.3, -0.25) is 14.4 Å². The van der Waals surface area contributed by atoms with Crippen LogP contribution in [0.5, 0.6) is 0 Å². The van der Waals surface area contributed by atoms with Gasteiger partial charge in [-0.15, -0.1) is 6.58 Å². The lowest BCUT2D eigenvalue weighted by atomic mass is 9.66. The van der Waals surface area contributed by atoms with Crippen LogP contribution in [0.2, 0.25) is 0 Å². The summed E-state index contributed by atoms with van der Waals surface area (Å²) in [6, 6.07) is -0.785. The van der Waals surface area contributed by atoms with Crippen molar-refractivity contribution < 1.29 is 29.0 Å². The van der Waals surface area contributed by atoms with Crippen molar-refractivity contribution in [2.24, 2.45) is 11.8 Å². The predicted molar refractivity (Wildman–Crippen MR) is 128 cm³/mol. The monoisotopic (exact) mass is 478 g/mol. The van der Waals surface area contributed by atoms with Gasteiger partial charge in [0.05, 0.1) is 18.1 Å². The second-order valence-corrected chi connectivity index (χ2v) is 10.2. The van der Waals surface area contributed by atoms with Gasteiger partial charge in [0.1, 0.15) is 17.6 Å². The average Bonchev–Trinajstić information content (AvgIpc) is 3.36. The molecule has 1 spiro atoms. The van der Waals surface area contributed by atoms with Crippen molar-refractivity contribution in [3.05, 3.63) is 12.7 Å². The summed E-state index contributed by atoms with van der Waals surface area (Å²) >= 11 is 0. The fourth-order valence-electron chi connectivity index (χ4n) is 6.46. The number of amides is 2. The van der Waals surface area contributed by atoms with Gasteiger partial charge in [0.25, 0.3) is 0 Å². The summed E-state index contributed by atoms with van der Waals surface area (Å²) in [7, 11) is 0. The van der Waals surface area contributed by atoms with Crippen LogP contribution in [0.15, 0.2) is 12.7 Å². The second kappa shape index (κ2) is 10.8. The van der Waals surface area contributed by atoms with Gasteiger partial charge in [-0.2, -0.15) is 0 Å². The summed E-state index contributed by atoms with van der Waals surface area (Å²) in [5, 5.41) is 9.16. The van der Waals surface area contributed by atoms with E-state index >= 15 is 0 Å². The van der Waals surface area contributed by atoms with Crippen molar-refractivity contribution in [1.82, 2.24) is 9.80 Å². The standard InChI is InChI=1S/C26H42N2O6/c1-6-12-18(4)27(15-7-2)23(31)21-26-14-13-25(5,34-26)20(24(32)33-8-3)19(26)22(30)28(21)16-10-9-11-17-29/h7,18-21,29H,2,6,8-17H2,1,3-5H3/t18?,19-,20+,21?,25-,26?/m0/s1. The molecule has 0 radical (unpaired) electrons. The number of ether oxygens (including phenoxy) is 2. The third-order valence-corrected chi connectivity index (χ3v) is 7.96. The van der Waals surface area contributed by atoms with E-state index in [0.29, 0.717) is 38.8 Å². The summed E-state index contributed by atoms with van der Waals surface area (Å²) < 4.78 is 12.0. The van der Waals surface area contributed by atoms with Gasteiger partial charge < -0.3 is 24.4 Å². The molecule has 3 rings (SSSR count). The van der Waals surface area contributed by atoms with E-state index in [9.17, 15) is 14.4 Å². The number of likely N-dealkylation sites (tertiary alicyclic amines) is 1. The molecule has 0 aliphatic carbocycles. The zero-order valence-corrected chi connectivity index (χ0v) is 21.3. The molecule has 3 fully saturated rings. The zero-order chi connectivity index (χ0) is 25.1. The van der Waals surface area contributed by atoms with Crippen LogP contribution >= 0.6 is 0 Å². The number of carbonyl (C=O) groups is 3. The van der Waals surface area contributed by atoms with Crippen LogP contribution in [0.1, 0.15) is 72.6 Å². The Morgan fingerprint density at radius 1 is 1.32 bits per heavy atom. The van der Waals surface area contributed by atoms with Gasteiger partial charge in [-0.05, 0) is 59.3 Å². The van der Waals surface area contributed by atoms with E-state index in [2.05, 4.69) is 13.5 Å². The molecule has 192 valence electrons. The highest BCUT2D eigenvalue weighted by atomic mass is 16.6. The number of esters is 1. The van der Waals surface area contributed by atoms with Crippen LogP contribution in [0.25, 0.3) is 0 Å². The van der Waals surface area contributed by atoms with E-state index in [-0.39, 0.29) is 31.1 Å². The van der Waals surface area contributed by atoms with Gasteiger partial charge >= 0.3 is 5.97 Å². The normalized spacial score (nSPS) is 32.6. The highest BCUT2D eigenvalue weighted by Gasteiger charge is 2.78. The highest BCUT2D eigenvalue weighted by Crippen LogP contribution is 2.63. The summed E-state index contributed by atoms with van der Waals surface area (Å²) in [5.41, 5.74) is -1.84. The molecule has 2 amide bonds. The summed E-state index contributed by atoms with van der Waals surface area (Å²) in [5.74, 6) is -2.17. The molecule has 3 aliphatic heterocycles. The van der Waals surface area contributed by atoms with E-state index in [0.717, 1.165) is 19.3 Å². The van der Waals surface area contributed by atoms with Crippen LogP contribution in [0.3, 0.4) is 0 Å². The van der Waals surface area contributed by atoms with Crippen LogP contribution in [0.4, 0.5) is 0 Å². The molecule has 8 nitrogen and oxygen atoms in total. The van der Waals surface area contributed by atoms with Crippen LogP contribution in [-0.2, 0) is 23.9 Å². The number of rotatable bonds is 13. The molecule has 8 heteroatoms. The molecule has 3 heterocycles. The molecule has 3 unspecified atom stereocenters. The zero-order valence-electron chi connectivity index (χ0n) is 21.3. The molecule has 34 heavy (non-hydrogen) atoms. The lowest BCUT2D eigenvalue weighted by molar-refractivity contribution is -0.160. The molecule has 3 saturated heterocycles. The maximum absolute atomic E-state index is 14.2. The average molecular weight is 479 g/mol. The minimum Gasteiger partial charge on any atom is -0.466 e. The maximum Gasteiger partial charge on any atom is 0.312 e. The Kier molecular flexibility index (Phi) is 8.45. The van der Waals surface area contributed by atoms with E-state index < -0.39 is 35.0 Å². The van der Waals surface area contributed by atoms with Crippen LogP contribution in [-0.4, -0.2) is 82.3 Å². The molecule has 0 aromatic heterocycles. The molecule has 0 saturated carbocycles. The maximum atomic E-state index is 14.2. The van der Waals surface area contributed by atoms with E-state index in [1.54, 1.807) is 17.9 Å². The number of hydrogen-bond donors (Lipinski definition) is 1. The molecule has 0 aromatic rings. The van der Waals surface area contributed by atoms with E-state index in [1.807, 2.05) is 18.7 Å². The largest absolute Gasteiger partial charge is 0.466 e. The van der Waals surface area contributed by atoms with E-state index in [1.165, 1.54) is 0 Å². The fourth-order valence-corrected chi connectivity index (χ4v) is 6.46. The molecule has 2 bridgehead atoms. The highest BCUT2D eigenvalue weighted by molar-refractivity contribution is 5.98. The molecule has 0 aromatic carbocycles. The van der Waals surface area contributed by atoms with Gasteiger partial charge in [0.15, 0.2) is 0 Å². The Bertz CT molecular complexity index is 787. The number of aliphatic hydroxyl groups is 1. The second-order valence-electron chi connectivity index (χ2n) is 10.2. The molecular formula is C26H42N2O6. The first-order chi connectivity index (χ1) is 16.2. The Labute approximate surface area is 203 Å². The number of hydrogen-bond acceptors (Lipinski definition) is 6. The van der Waals surface area contributed by atoms with Crippen molar-refractivity contribution in [3.8, 4) is 0 Å². The van der Waals surface area contributed by atoms with Gasteiger partial charge in [-0.25, -0.2) is 0 Å². The first kappa shape index (κ1) is 26.7. The van der Waals surface area contributed by atoms with Gasteiger partial charge in [-0.1, -0.05) is 19.4 Å². The third kappa shape index (κ3) is 4.39. The topological polar surface area (TPSA) is 96.4 Å². The Morgan fingerprint density at radius 2 is 2.06 bits per heavy atom. The smallest absolute Gasteiger partial charge is 0.312 e. The summed E-state index contributed by atoms with van der Waals surface area (Å²) in [6.45, 7) is 12.7. The van der Waals surface area contributed by atoms with Crippen LogP contribution in [0, 0.1) is 11.8 Å². The Hall–Kier alpha value is -1.93. The number of aliphatic hydroxyl groups excluding tert-OH is 1. The summed E-state index contributed by atoms with van der Waals surface area (Å²) in [6.07, 6.45) is 6.73. The van der Waals surface area contributed by atoms with Crippen molar-refractivity contribution in [3.63, 3.8) is 0 Å². The Balaban J connectivity index is 2.02. The quantitative estimate of drug-likeness (QED) is 0.248. The lowest BCUT2D eigenvalue weighted by Gasteiger charge is -2.39. The van der Waals surface area contributed by atoms with Gasteiger partial charge in [0.2, 0.25) is 11.8 Å². The first-order valence-corrected chi connectivity index (χ1v) is 12.9. The third-order valence-electron chi connectivity index (χ3n) is 7.96. The number of carbonyl (C=O) groups excluding carboxylic acids is 3. The van der Waals surface area contributed by atoms with Crippen LogP contribution < -0.4 is 0 Å². The first-order valence-electron chi connectivity index (χ1n) is 12.9. The van der Waals surface area contributed by atoms with Crippen molar-refractivity contribution >= 4 is 17.8 Å². The lowest BCUT2D eigenvalue weighted by Crippen LogP contribution is -2.58. The van der Waals surface area contributed by atoms with E-state index in [4.69, 9.17) is 14.6 Å². The molecule has 1 N–H and O–H groups in total. The molecule has 6 atom stereocenters. The SMILES string of the molecule is C=CCN(C(=O)C1N(CCCCCO)C(=O)[C@@H]2[C@H](C(=O)OCC)[C@]3(C)CCC12O3)C(C)CCC. The number of unbranched alkanes of at least 4 members (excludes halogenated alkanes) is 2. The number of fused-ring (bicyclic) bond motifs is 1. The summed E-state index contributed by atoms with van der Waals surface area (Å²) in [4.78, 5) is 44.6. The van der Waals surface area contributed by atoms with Crippen molar-refractivity contribution in [1.29, 1.82) is 0 Å². The number of nitrogens with zero attached hydrogens (tertiary/aromatic N) is 2. The minimum absolute atomic E-state index is 0.00710. The Morgan fingerprint density at radius 3 is 2.68 bits per heavy atom.